The van der Waals surface area contributed by atoms with E-state index in [2.05, 4.69) is 6.07 Å². The minimum absolute atomic E-state index is 0.196. The smallest absolute Gasteiger partial charge is 0.335 e. The Kier molecular flexibility index (Phi) is 5.90. The molecule has 1 rings (SSSR count). The predicted octanol–water partition coefficient (Wildman–Crippen LogP) is 3.21. The fraction of sp³-hybridized carbons (Fsp3) is 0.467. The molecular weight excluding hydrogens is 274 g/mol. The van der Waals surface area contributed by atoms with Crippen LogP contribution >= 0.6 is 0 Å². The molecule has 0 radical (unpaired) electrons. The van der Waals surface area contributed by atoms with Crippen LogP contribution in [0.3, 0.4) is 0 Å². The van der Waals surface area contributed by atoms with Crippen LogP contribution in [0.1, 0.15) is 43.5 Å². The van der Waals surface area contributed by atoms with E-state index in [1.807, 2.05) is 13.8 Å². The average Bonchev–Trinajstić information content (AvgIpc) is 2.43. The number of hydrogen-bond donors (Lipinski definition) is 1. The van der Waals surface area contributed by atoms with E-state index < -0.39 is 16.8 Å². The second-order valence-corrected chi connectivity index (χ2v) is 6.90. The standard InChI is InChI=1S/C15H19NO3S/c1-15(2,11-16)9-3-4-10-20(19)13-7-5-12(6-8-13)14(17)18/h5-8H,3-4,9-10H2,1-2H3,(H,17,18). The Hall–Kier alpha value is -1.67. The van der Waals surface area contributed by atoms with Crippen LogP contribution in [0.2, 0.25) is 0 Å². The number of carboxylic acid groups (broad SMARTS) is 1. The van der Waals surface area contributed by atoms with Gasteiger partial charge in [-0.2, -0.15) is 5.26 Å². The second-order valence-electron chi connectivity index (χ2n) is 5.33. The van der Waals surface area contributed by atoms with Gasteiger partial charge in [0.25, 0.3) is 0 Å². The summed E-state index contributed by atoms with van der Waals surface area (Å²) in [4.78, 5) is 11.4. The maximum atomic E-state index is 12.0. The van der Waals surface area contributed by atoms with Crippen LogP contribution < -0.4 is 0 Å². The molecule has 0 bridgehead atoms. The summed E-state index contributed by atoms with van der Waals surface area (Å²) in [7, 11) is -1.11. The number of nitriles is 1. The lowest BCUT2D eigenvalue weighted by Crippen LogP contribution is -2.08. The lowest BCUT2D eigenvalue weighted by Gasteiger charge is -2.14. The first-order valence-electron chi connectivity index (χ1n) is 6.49. The summed E-state index contributed by atoms with van der Waals surface area (Å²) in [6.07, 6.45) is 2.44. The highest BCUT2D eigenvalue weighted by Gasteiger charge is 2.16. The maximum absolute atomic E-state index is 12.0. The molecule has 1 N–H and O–H groups in total. The number of rotatable bonds is 7. The normalized spacial score (nSPS) is 12.7. The molecule has 0 heterocycles. The van der Waals surface area contributed by atoms with Crippen LogP contribution in [-0.2, 0) is 10.8 Å². The molecule has 1 aromatic rings. The van der Waals surface area contributed by atoms with E-state index in [0.29, 0.717) is 10.6 Å². The summed E-state index contributed by atoms with van der Waals surface area (Å²) in [6.45, 7) is 3.79. The molecule has 0 fully saturated rings. The van der Waals surface area contributed by atoms with Gasteiger partial charge >= 0.3 is 5.97 Å². The lowest BCUT2D eigenvalue weighted by atomic mass is 9.89. The molecule has 0 aromatic heterocycles. The van der Waals surface area contributed by atoms with Gasteiger partial charge in [-0.25, -0.2) is 4.79 Å². The van der Waals surface area contributed by atoms with Crippen molar-refractivity contribution in [2.75, 3.05) is 5.75 Å². The molecule has 1 atom stereocenters. The highest BCUT2D eigenvalue weighted by atomic mass is 32.2. The first kappa shape index (κ1) is 16.4. The van der Waals surface area contributed by atoms with Crippen molar-refractivity contribution < 1.29 is 14.1 Å². The van der Waals surface area contributed by atoms with Gasteiger partial charge in [-0.3, -0.25) is 4.21 Å². The topological polar surface area (TPSA) is 78.2 Å². The average molecular weight is 293 g/mol. The zero-order valence-corrected chi connectivity index (χ0v) is 12.6. The Morgan fingerprint density at radius 1 is 1.30 bits per heavy atom. The van der Waals surface area contributed by atoms with E-state index in [4.69, 9.17) is 10.4 Å². The number of hydrogen-bond acceptors (Lipinski definition) is 3. The van der Waals surface area contributed by atoms with Crippen LogP contribution in [-0.4, -0.2) is 21.0 Å². The zero-order chi connectivity index (χ0) is 15.2. The van der Waals surface area contributed by atoms with Crippen LogP contribution in [0.4, 0.5) is 0 Å². The summed E-state index contributed by atoms with van der Waals surface area (Å²) in [5, 5.41) is 17.7. The van der Waals surface area contributed by atoms with Crippen molar-refractivity contribution in [3.05, 3.63) is 29.8 Å². The van der Waals surface area contributed by atoms with E-state index in [9.17, 15) is 9.00 Å². The molecule has 0 aliphatic carbocycles. The first-order chi connectivity index (χ1) is 9.35. The number of benzene rings is 1. The van der Waals surface area contributed by atoms with Gasteiger partial charge in [0.1, 0.15) is 0 Å². The molecule has 0 saturated heterocycles. The monoisotopic (exact) mass is 293 g/mol. The van der Waals surface area contributed by atoms with Crippen LogP contribution in [0.5, 0.6) is 0 Å². The molecule has 108 valence electrons. The number of aromatic carboxylic acids is 1. The lowest BCUT2D eigenvalue weighted by molar-refractivity contribution is 0.0697. The summed E-state index contributed by atoms with van der Waals surface area (Å²) in [5.74, 6) is -0.449. The van der Waals surface area contributed by atoms with Crippen molar-refractivity contribution in [3.8, 4) is 6.07 Å². The molecule has 0 amide bonds. The van der Waals surface area contributed by atoms with Gasteiger partial charge in [0.05, 0.1) is 27.8 Å². The zero-order valence-electron chi connectivity index (χ0n) is 11.8. The van der Waals surface area contributed by atoms with Crippen molar-refractivity contribution in [1.82, 2.24) is 0 Å². The van der Waals surface area contributed by atoms with E-state index in [1.54, 1.807) is 12.1 Å². The second kappa shape index (κ2) is 7.20. The molecular formula is C15H19NO3S. The van der Waals surface area contributed by atoms with Crippen molar-refractivity contribution >= 4 is 16.8 Å². The van der Waals surface area contributed by atoms with Gasteiger partial charge in [-0.15, -0.1) is 0 Å². The van der Waals surface area contributed by atoms with E-state index in [0.717, 1.165) is 19.3 Å². The van der Waals surface area contributed by atoms with Crippen LogP contribution in [0.15, 0.2) is 29.2 Å². The van der Waals surface area contributed by atoms with Gasteiger partial charge in [-0.05, 0) is 51.0 Å². The largest absolute Gasteiger partial charge is 0.478 e. The van der Waals surface area contributed by atoms with Gasteiger partial charge < -0.3 is 5.11 Å². The molecule has 4 nitrogen and oxygen atoms in total. The molecule has 1 unspecified atom stereocenters. The highest BCUT2D eigenvalue weighted by Crippen LogP contribution is 2.22. The van der Waals surface area contributed by atoms with E-state index in [-0.39, 0.29) is 11.0 Å². The van der Waals surface area contributed by atoms with Crippen molar-refractivity contribution in [3.63, 3.8) is 0 Å². The molecule has 5 heteroatoms. The van der Waals surface area contributed by atoms with Gasteiger partial charge in [-0.1, -0.05) is 6.42 Å². The Balaban J connectivity index is 2.44. The Morgan fingerprint density at radius 2 is 1.90 bits per heavy atom. The summed E-state index contributed by atoms with van der Waals surface area (Å²) >= 11 is 0. The fourth-order valence-electron chi connectivity index (χ4n) is 1.72. The van der Waals surface area contributed by atoms with Crippen molar-refractivity contribution in [1.29, 1.82) is 5.26 Å². The van der Waals surface area contributed by atoms with E-state index >= 15 is 0 Å². The molecule has 0 aliphatic rings. The SMILES string of the molecule is CC(C)(C#N)CCCCS(=O)c1ccc(C(=O)O)cc1. The number of unbranched alkanes of at least 4 members (excludes halogenated alkanes) is 1. The molecule has 0 spiro atoms. The van der Waals surface area contributed by atoms with Crippen LogP contribution in [0, 0.1) is 16.7 Å². The molecule has 20 heavy (non-hydrogen) atoms. The minimum atomic E-state index is -1.11. The Labute approximate surface area is 121 Å². The number of carbonyl (C=O) groups is 1. The molecule has 0 aliphatic heterocycles. The molecule has 0 saturated carbocycles. The highest BCUT2D eigenvalue weighted by molar-refractivity contribution is 7.85. The summed E-state index contributed by atoms with van der Waals surface area (Å²) in [5.41, 5.74) is -0.133. The maximum Gasteiger partial charge on any atom is 0.335 e. The van der Waals surface area contributed by atoms with Gasteiger partial charge in [0.15, 0.2) is 0 Å². The quantitative estimate of drug-likeness (QED) is 0.783. The third-order valence-electron chi connectivity index (χ3n) is 3.05. The third kappa shape index (κ3) is 5.14. The number of nitrogens with zero attached hydrogens (tertiary/aromatic N) is 1. The van der Waals surface area contributed by atoms with Crippen LogP contribution in [0.25, 0.3) is 0 Å². The Bertz CT molecular complexity index is 529. The van der Waals surface area contributed by atoms with Gasteiger partial charge in [0.2, 0.25) is 0 Å². The summed E-state index contributed by atoms with van der Waals surface area (Å²) < 4.78 is 12.0. The first-order valence-corrected chi connectivity index (χ1v) is 7.80. The van der Waals surface area contributed by atoms with Gasteiger partial charge in [0, 0.05) is 10.6 Å². The Morgan fingerprint density at radius 3 is 2.40 bits per heavy atom. The minimum Gasteiger partial charge on any atom is -0.478 e. The molecule has 1 aromatic carbocycles. The third-order valence-corrected chi connectivity index (χ3v) is 4.51. The van der Waals surface area contributed by atoms with Crippen molar-refractivity contribution in [2.24, 2.45) is 5.41 Å². The number of carboxylic acids is 1. The summed E-state index contributed by atoms with van der Waals surface area (Å²) in [6, 6.07) is 8.37. The van der Waals surface area contributed by atoms with E-state index in [1.165, 1.54) is 12.1 Å². The predicted molar refractivity (Wildman–Crippen MR) is 77.9 cm³/mol. The van der Waals surface area contributed by atoms with Crippen molar-refractivity contribution in [2.45, 2.75) is 38.0 Å². The fourth-order valence-corrected chi connectivity index (χ4v) is 2.86.